The van der Waals surface area contributed by atoms with Crippen molar-refractivity contribution in [1.29, 1.82) is 0 Å². The molecule has 42 heavy (non-hydrogen) atoms. The van der Waals surface area contributed by atoms with Crippen LogP contribution in [0.15, 0.2) is 42.7 Å². The second-order valence-corrected chi connectivity index (χ2v) is 11.1. The lowest BCUT2D eigenvalue weighted by molar-refractivity contribution is -0.138. The molecule has 0 saturated carbocycles. The number of carbonyl (C=O) groups is 1. The molecule has 2 saturated heterocycles. The molecule has 1 amide bonds. The van der Waals surface area contributed by atoms with E-state index in [1.54, 1.807) is 29.2 Å². The van der Waals surface area contributed by atoms with Crippen molar-refractivity contribution in [1.82, 2.24) is 19.7 Å². The first-order valence-electron chi connectivity index (χ1n) is 13.4. The smallest absolute Gasteiger partial charge is 0.379 e. The Bertz CT molecular complexity index is 1490. The number of hydrogen-bond acceptors (Lipinski definition) is 5. The van der Waals surface area contributed by atoms with Crippen LogP contribution in [0.5, 0.6) is 0 Å². The van der Waals surface area contributed by atoms with E-state index in [9.17, 15) is 35.5 Å². The summed E-state index contributed by atoms with van der Waals surface area (Å²) in [7, 11) is 0. The zero-order valence-electron chi connectivity index (χ0n) is 22.2. The Hall–Kier alpha value is -3.52. The minimum absolute atomic E-state index is 0.0148. The van der Waals surface area contributed by atoms with Crippen molar-refractivity contribution in [2.45, 2.75) is 56.4 Å². The van der Waals surface area contributed by atoms with Gasteiger partial charge in [-0.05, 0) is 41.0 Å². The van der Waals surface area contributed by atoms with Gasteiger partial charge in [0.1, 0.15) is 12.2 Å². The molecule has 224 valence electrons. The highest BCUT2D eigenvalue weighted by atomic mass is 19.4. The van der Waals surface area contributed by atoms with E-state index in [0.29, 0.717) is 15.8 Å². The molecule has 7 nitrogen and oxygen atoms in total. The van der Waals surface area contributed by atoms with Crippen LogP contribution in [-0.2, 0) is 35.8 Å². The number of rotatable bonds is 7. The van der Waals surface area contributed by atoms with Crippen molar-refractivity contribution in [2.24, 2.45) is 0 Å². The number of ether oxygens (including phenoxy) is 1. The minimum Gasteiger partial charge on any atom is -0.379 e. The molecule has 2 aromatic carbocycles. The molecule has 3 aliphatic heterocycles. The van der Waals surface area contributed by atoms with E-state index in [-0.39, 0.29) is 81.2 Å². The summed E-state index contributed by atoms with van der Waals surface area (Å²) in [5.41, 5.74) is -0.664. The summed E-state index contributed by atoms with van der Waals surface area (Å²) in [5, 5.41) is 7.41. The normalized spacial score (nSPS) is 20.2. The van der Waals surface area contributed by atoms with Crippen LogP contribution < -0.4 is 4.90 Å². The quantitative estimate of drug-likeness (QED) is 0.332. The molecule has 2 fully saturated rings. The van der Waals surface area contributed by atoms with Crippen molar-refractivity contribution in [2.75, 3.05) is 31.2 Å². The molecule has 3 aromatic rings. The van der Waals surface area contributed by atoms with Crippen LogP contribution in [0, 0.1) is 0 Å². The van der Waals surface area contributed by atoms with Crippen LogP contribution >= 0.6 is 0 Å². The third-order valence-corrected chi connectivity index (χ3v) is 8.28. The van der Waals surface area contributed by atoms with E-state index in [0.717, 1.165) is 12.4 Å². The first kappa shape index (κ1) is 28.6. The average molecular weight is 598 g/mol. The number of likely N-dealkylation sites (tertiary alicyclic amines) is 1. The van der Waals surface area contributed by atoms with Crippen LogP contribution in [0.25, 0.3) is 0 Å². The molecule has 0 radical (unpaired) electrons. The number of alkyl halides is 7. The maximum atomic E-state index is 14.2. The highest BCUT2D eigenvalue weighted by Crippen LogP contribution is 2.42. The number of aromatic nitrogens is 3. The highest BCUT2D eigenvalue weighted by Gasteiger charge is 2.44. The van der Waals surface area contributed by atoms with Crippen molar-refractivity contribution in [3.05, 3.63) is 76.4 Å². The molecule has 0 N–H and O–H groups in total. The number of piperidine rings is 1. The van der Waals surface area contributed by atoms with Crippen LogP contribution in [-0.4, -0.2) is 57.8 Å². The number of anilines is 1. The van der Waals surface area contributed by atoms with E-state index in [1.807, 2.05) is 0 Å². The Kier molecular flexibility index (Phi) is 7.03. The largest absolute Gasteiger partial charge is 0.416 e. The van der Waals surface area contributed by atoms with Gasteiger partial charge in [0.25, 0.3) is 11.8 Å². The second-order valence-electron chi connectivity index (χ2n) is 11.1. The van der Waals surface area contributed by atoms with Gasteiger partial charge < -0.3 is 9.64 Å². The Morgan fingerprint density at radius 3 is 2.43 bits per heavy atom. The first-order chi connectivity index (χ1) is 19.9. The van der Waals surface area contributed by atoms with E-state index in [2.05, 4.69) is 10.2 Å². The molecule has 0 bridgehead atoms. The summed E-state index contributed by atoms with van der Waals surface area (Å²) in [6.07, 6.45) is -4.46. The Labute approximate surface area is 235 Å². The van der Waals surface area contributed by atoms with E-state index >= 15 is 0 Å². The lowest BCUT2D eigenvalue weighted by Gasteiger charge is -2.42. The fourth-order valence-corrected chi connectivity index (χ4v) is 5.90. The standard InChI is InChI=1S/C28H26F7N5O2/c29-25(30)40-16-36-37-23(40)11-26(14-42-15-26)18-2-1-3-19(10-18)39-13-21-20(24(39)41)8-17(9-22(21)28(33,34)35)12-38-6-4-27(31,32)5-7-38/h1-3,8-10,16,25H,4-7,11-15H2. The summed E-state index contributed by atoms with van der Waals surface area (Å²) < 4.78 is 103. The summed E-state index contributed by atoms with van der Waals surface area (Å²) in [6, 6.07) is 9.09. The van der Waals surface area contributed by atoms with Gasteiger partial charge in [0, 0.05) is 55.6 Å². The molecule has 0 spiro atoms. The van der Waals surface area contributed by atoms with Crippen LogP contribution in [0.2, 0.25) is 0 Å². The summed E-state index contributed by atoms with van der Waals surface area (Å²) in [5.74, 6) is -3.35. The van der Waals surface area contributed by atoms with Crippen LogP contribution in [0.4, 0.5) is 36.4 Å². The Balaban J connectivity index is 1.29. The van der Waals surface area contributed by atoms with E-state index < -0.39 is 35.5 Å². The van der Waals surface area contributed by atoms with Gasteiger partial charge in [0.15, 0.2) is 0 Å². The number of amides is 1. The van der Waals surface area contributed by atoms with Gasteiger partial charge in [-0.3, -0.25) is 14.3 Å². The lowest BCUT2D eigenvalue weighted by Crippen LogP contribution is -2.49. The van der Waals surface area contributed by atoms with Gasteiger partial charge in [-0.15, -0.1) is 10.2 Å². The topological polar surface area (TPSA) is 63.5 Å². The molecule has 6 rings (SSSR count). The average Bonchev–Trinajstić information content (AvgIpc) is 3.51. The monoisotopic (exact) mass is 597 g/mol. The highest BCUT2D eigenvalue weighted by molar-refractivity contribution is 6.10. The van der Waals surface area contributed by atoms with Gasteiger partial charge in [-0.1, -0.05) is 12.1 Å². The fraction of sp³-hybridized carbons (Fsp3) is 0.464. The van der Waals surface area contributed by atoms with Gasteiger partial charge in [0.05, 0.1) is 25.3 Å². The molecular weight excluding hydrogens is 571 g/mol. The maximum Gasteiger partial charge on any atom is 0.416 e. The van der Waals surface area contributed by atoms with Crippen LogP contribution in [0.1, 0.15) is 57.8 Å². The third kappa shape index (κ3) is 5.26. The molecule has 4 heterocycles. The number of hydrogen-bond donors (Lipinski definition) is 0. The maximum absolute atomic E-state index is 14.2. The Morgan fingerprint density at radius 2 is 1.79 bits per heavy atom. The second kappa shape index (κ2) is 10.3. The molecule has 0 aliphatic carbocycles. The number of nitrogens with zero attached hydrogens (tertiary/aromatic N) is 5. The van der Waals surface area contributed by atoms with Crippen molar-refractivity contribution >= 4 is 11.6 Å². The van der Waals surface area contributed by atoms with Crippen molar-refractivity contribution in [3.8, 4) is 0 Å². The molecule has 14 heteroatoms. The SMILES string of the molecule is O=C1c2cc(CN3CCC(F)(F)CC3)cc(C(F)(F)F)c2CN1c1cccc(C2(Cc3nncn3C(F)F)COC2)c1. The minimum atomic E-state index is -4.73. The zero-order valence-corrected chi connectivity index (χ0v) is 22.2. The summed E-state index contributed by atoms with van der Waals surface area (Å²) in [4.78, 5) is 16.5. The molecule has 0 atom stereocenters. The first-order valence-corrected chi connectivity index (χ1v) is 13.4. The van der Waals surface area contributed by atoms with Crippen molar-refractivity contribution < 1.29 is 40.3 Å². The summed E-state index contributed by atoms with van der Waals surface area (Å²) in [6.45, 7) is -2.65. The van der Waals surface area contributed by atoms with Gasteiger partial charge in [-0.25, -0.2) is 8.78 Å². The number of carbonyl (C=O) groups excluding carboxylic acids is 1. The zero-order chi connectivity index (χ0) is 29.9. The number of halogens is 7. The number of fused-ring (bicyclic) bond motifs is 1. The van der Waals surface area contributed by atoms with E-state index in [4.69, 9.17) is 4.74 Å². The van der Waals surface area contributed by atoms with Gasteiger partial charge in [0.2, 0.25) is 0 Å². The molecule has 3 aliphatic rings. The van der Waals surface area contributed by atoms with Crippen molar-refractivity contribution in [3.63, 3.8) is 0 Å². The van der Waals surface area contributed by atoms with Crippen LogP contribution in [0.3, 0.4) is 0 Å². The molecular formula is C28H26F7N5O2. The Morgan fingerprint density at radius 1 is 1.05 bits per heavy atom. The van der Waals surface area contributed by atoms with Gasteiger partial charge >= 0.3 is 12.7 Å². The predicted molar refractivity (Wildman–Crippen MR) is 135 cm³/mol. The third-order valence-electron chi connectivity index (χ3n) is 8.28. The predicted octanol–water partition coefficient (Wildman–Crippen LogP) is 5.59. The molecule has 1 aromatic heterocycles. The summed E-state index contributed by atoms with van der Waals surface area (Å²) >= 11 is 0. The fourth-order valence-electron chi connectivity index (χ4n) is 5.90. The number of benzene rings is 2. The van der Waals surface area contributed by atoms with E-state index in [1.165, 1.54) is 11.0 Å². The lowest BCUT2D eigenvalue weighted by atomic mass is 9.75. The van der Waals surface area contributed by atoms with Gasteiger partial charge in [-0.2, -0.15) is 22.0 Å². The molecule has 0 unspecified atom stereocenters.